The Morgan fingerprint density at radius 2 is 1.75 bits per heavy atom. The number of hydrogen-bond acceptors (Lipinski definition) is 4. The SMILES string of the molecule is Cn1nc(C(=O)Nc2cc(-c3ccc(Cl)cc3)no2)cc1-c1ccc(F)cc1. The van der Waals surface area contributed by atoms with E-state index < -0.39 is 5.91 Å². The van der Waals surface area contributed by atoms with Crippen LogP contribution in [0.25, 0.3) is 22.5 Å². The number of amides is 1. The van der Waals surface area contributed by atoms with Gasteiger partial charge in [0.15, 0.2) is 5.69 Å². The van der Waals surface area contributed by atoms with E-state index in [-0.39, 0.29) is 17.4 Å². The number of benzene rings is 2. The molecule has 0 fully saturated rings. The number of anilines is 1. The van der Waals surface area contributed by atoms with Gasteiger partial charge in [0.25, 0.3) is 5.91 Å². The fourth-order valence-electron chi connectivity index (χ4n) is 2.74. The van der Waals surface area contributed by atoms with Gasteiger partial charge in [0.05, 0.1) is 5.69 Å². The summed E-state index contributed by atoms with van der Waals surface area (Å²) in [5, 5.41) is 11.4. The Morgan fingerprint density at radius 3 is 2.46 bits per heavy atom. The molecule has 0 aliphatic rings. The van der Waals surface area contributed by atoms with Gasteiger partial charge in [-0.2, -0.15) is 5.10 Å². The van der Waals surface area contributed by atoms with E-state index in [9.17, 15) is 9.18 Å². The van der Waals surface area contributed by atoms with Crippen molar-refractivity contribution < 1.29 is 13.7 Å². The normalized spacial score (nSPS) is 10.8. The Hall–Kier alpha value is -3.45. The van der Waals surface area contributed by atoms with Crippen molar-refractivity contribution in [3.8, 4) is 22.5 Å². The molecule has 2 heterocycles. The highest BCUT2D eigenvalue weighted by atomic mass is 35.5. The molecule has 28 heavy (non-hydrogen) atoms. The number of carbonyl (C=O) groups excluding carboxylic acids is 1. The summed E-state index contributed by atoms with van der Waals surface area (Å²) in [7, 11) is 1.71. The van der Waals surface area contributed by atoms with Crippen molar-refractivity contribution in [1.29, 1.82) is 0 Å². The number of carbonyl (C=O) groups is 1. The minimum atomic E-state index is -0.442. The summed E-state index contributed by atoms with van der Waals surface area (Å²) in [5.41, 5.74) is 3.01. The minimum absolute atomic E-state index is 0.198. The first kappa shape index (κ1) is 17.9. The summed E-state index contributed by atoms with van der Waals surface area (Å²) in [4.78, 5) is 12.5. The van der Waals surface area contributed by atoms with Crippen LogP contribution in [0.2, 0.25) is 5.02 Å². The van der Waals surface area contributed by atoms with Crippen LogP contribution in [0.1, 0.15) is 10.5 Å². The summed E-state index contributed by atoms with van der Waals surface area (Å²) >= 11 is 5.88. The van der Waals surface area contributed by atoms with Gasteiger partial charge in [-0.05, 0) is 48.0 Å². The summed E-state index contributed by atoms with van der Waals surface area (Å²) < 4.78 is 19.9. The first-order valence-corrected chi connectivity index (χ1v) is 8.71. The van der Waals surface area contributed by atoms with E-state index in [0.29, 0.717) is 16.4 Å². The summed E-state index contributed by atoms with van der Waals surface area (Å²) in [6.45, 7) is 0. The van der Waals surface area contributed by atoms with E-state index in [4.69, 9.17) is 16.1 Å². The molecule has 0 saturated carbocycles. The molecule has 140 valence electrons. The van der Waals surface area contributed by atoms with Gasteiger partial charge in [-0.1, -0.05) is 28.9 Å². The third kappa shape index (κ3) is 3.65. The average Bonchev–Trinajstić information content (AvgIpc) is 3.30. The third-order valence-electron chi connectivity index (χ3n) is 4.14. The van der Waals surface area contributed by atoms with E-state index in [1.54, 1.807) is 60.3 Å². The van der Waals surface area contributed by atoms with Crippen molar-refractivity contribution in [2.45, 2.75) is 0 Å². The Morgan fingerprint density at radius 1 is 1.07 bits per heavy atom. The molecule has 0 saturated heterocycles. The molecule has 0 atom stereocenters. The Bertz CT molecular complexity index is 1130. The van der Waals surface area contributed by atoms with Gasteiger partial charge >= 0.3 is 0 Å². The first-order chi connectivity index (χ1) is 13.5. The molecule has 4 aromatic rings. The smallest absolute Gasteiger partial charge is 0.278 e. The molecule has 4 rings (SSSR count). The molecule has 1 amide bonds. The van der Waals surface area contributed by atoms with Crippen molar-refractivity contribution in [3.05, 3.63) is 77.2 Å². The lowest BCUT2D eigenvalue weighted by Crippen LogP contribution is -2.12. The van der Waals surface area contributed by atoms with Crippen LogP contribution in [0.4, 0.5) is 10.3 Å². The van der Waals surface area contributed by atoms with E-state index in [1.165, 1.54) is 12.1 Å². The zero-order valence-electron chi connectivity index (χ0n) is 14.7. The maximum Gasteiger partial charge on any atom is 0.278 e. The number of aryl methyl sites for hydroxylation is 1. The number of halogens is 2. The molecule has 0 bridgehead atoms. The lowest BCUT2D eigenvalue weighted by Gasteiger charge is -2.00. The average molecular weight is 397 g/mol. The van der Waals surface area contributed by atoms with Crippen LogP contribution in [-0.4, -0.2) is 20.8 Å². The zero-order chi connectivity index (χ0) is 19.7. The molecule has 0 aliphatic heterocycles. The summed E-state index contributed by atoms with van der Waals surface area (Å²) in [6, 6.07) is 16.3. The van der Waals surface area contributed by atoms with Gasteiger partial charge in [-0.25, -0.2) is 4.39 Å². The molecule has 8 heteroatoms. The van der Waals surface area contributed by atoms with Gasteiger partial charge < -0.3 is 4.52 Å². The monoisotopic (exact) mass is 396 g/mol. The second-order valence-corrected chi connectivity index (χ2v) is 6.52. The molecule has 6 nitrogen and oxygen atoms in total. The van der Waals surface area contributed by atoms with Crippen molar-refractivity contribution in [1.82, 2.24) is 14.9 Å². The highest BCUT2D eigenvalue weighted by molar-refractivity contribution is 6.30. The fourth-order valence-corrected chi connectivity index (χ4v) is 2.86. The zero-order valence-corrected chi connectivity index (χ0v) is 15.4. The van der Waals surface area contributed by atoms with Crippen LogP contribution in [0.3, 0.4) is 0 Å². The first-order valence-electron chi connectivity index (χ1n) is 8.33. The molecule has 2 aromatic carbocycles. The van der Waals surface area contributed by atoms with Gasteiger partial charge in [-0.15, -0.1) is 0 Å². The fraction of sp³-hybridized carbons (Fsp3) is 0.0500. The molecule has 0 radical (unpaired) electrons. The molecular weight excluding hydrogens is 383 g/mol. The van der Waals surface area contributed by atoms with Crippen LogP contribution >= 0.6 is 11.6 Å². The van der Waals surface area contributed by atoms with E-state index in [1.807, 2.05) is 0 Å². The maximum absolute atomic E-state index is 13.1. The van der Waals surface area contributed by atoms with E-state index in [0.717, 1.165) is 11.1 Å². The van der Waals surface area contributed by atoms with Crippen LogP contribution in [0.15, 0.2) is 65.2 Å². The number of aromatic nitrogens is 3. The largest absolute Gasteiger partial charge is 0.338 e. The van der Waals surface area contributed by atoms with Crippen LogP contribution in [-0.2, 0) is 7.05 Å². The Labute approximate surface area is 164 Å². The van der Waals surface area contributed by atoms with Crippen molar-refractivity contribution >= 4 is 23.4 Å². The minimum Gasteiger partial charge on any atom is -0.338 e. The number of rotatable bonds is 4. The summed E-state index contributed by atoms with van der Waals surface area (Å²) in [5.74, 6) is -0.572. The second-order valence-electron chi connectivity index (χ2n) is 6.08. The van der Waals surface area contributed by atoms with E-state index >= 15 is 0 Å². The predicted molar refractivity (Wildman–Crippen MR) is 104 cm³/mol. The van der Waals surface area contributed by atoms with Crippen molar-refractivity contribution in [3.63, 3.8) is 0 Å². The van der Waals surface area contributed by atoms with Gasteiger partial charge in [-0.3, -0.25) is 14.8 Å². The molecule has 0 unspecified atom stereocenters. The highest BCUT2D eigenvalue weighted by Crippen LogP contribution is 2.24. The number of nitrogens with zero attached hydrogens (tertiary/aromatic N) is 3. The lowest BCUT2D eigenvalue weighted by molar-refractivity contribution is 0.101. The van der Waals surface area contributed by atoms with Crippen LogP contribution < -0.4 is 5.32 Å². The maximum atomic E-state index is 13.1. The van der Waals surface area contributed by atoms with Gasteiger partial charge in [0.1, 0.15) is 11.5 Å². The lowest BCUT2D eigenvalue weighted by atomic mass is 10.1. The van der Waals surface area contributed by atoms with Crippen molar-refractivity contribution in [2.75, 3.05) is 5.32 Å². The number of nitrogens with one attached hydrogen (secondary N) is 1. The van der Waals surface area contributed by atoms with Gasteiger partial charge in [0, 0.05) is 23.7 Å². The van der Waals surface area contributed by atoms with E-state index in [2.05, 4.69) is 15.6 Å². The summed E-state index contributed by atoms with van der Waals surface area (Å²) in [6.07, 6.45) is 0. The molecule has 1 N–H and O–H groups in total. The topological polar surface area (TPSA) is 73.0 Å². The quantitative estimate of drug-likeness (QED) is 0.538. The van der Waals surface area contributed by atoms with Gasteiger partial charge in [0.2, 0.25) is 5.88 Å². The molecule has 2 aromatic heterocycles. The van der Waals surface area contributed by atoms with Crippen LogP contribution in [0.5, 0.6) is 0 Å². The Kier molecular flexibility index (Phi) is 4.67. The molecule has 0 aliphatic carbocycles. The second kappa shape index (κ2) is 7.28. The standard InChI is InChI=1S/C20H14ClFN4O2/c1-26-18(13-4-8-15(22)9-5-13)10-17(24-26)20(27)23-19-11-16(25-28-19)12-2-6-14(21)7-3-12/h2-11H,1H3,(H,23,27). The van der Waals surface area contributed by atoms with Crippen LogP contribution in [0, 0.1) is 5.82 Å². The van der Waals surface area contributed by atoms with Crippen molar-refractivity contribution in [2.24, 2.45) is 7.05 Å². The molecule has 0 spiro atoms. The third-order valence-corrected chi connectivity index (χ3v) is 4.39. The number of hydrogen-bond donors (Lipinski definition) is 1. The molecular formula is C20H14ClFN4O2. The highest BCUT2D eigenvalue weighted by Gasteiger charge is 2.16. The predicted octanol–water partition coefficient (Wildman–Crippen LogP) is 4.79. The Balaban J connectivity index is 1.52.